The van der Waals surface area contributed by atoms with Crippen molar-refractivity contribution >= 4 is 23.0 Å². The number of hydrogen-bond acceptors (Lipinski definition) is 5. The second kappa shape index (κ2) is 7.98. The average molecular weight is 304 g/mol. The van der Waals surface area contributed by atoms with Crippen molar-refractivity contribution in [1.82, 2.24) is 9.97 Å². The first-order chi connectivity index (χ1) is 10.3. The molecule has 4 nitrogen and oxygen atoms in total. The normalized spacial score (nSPS) is 12.1. The summed E-state index contributed by atoms with van der Waals surface area (Å²) in [5.74, 6) is 1.92. The molecule has 5 heteroatoms. The van der Waals surface area contributed by atoms with Crippen molar-refractivity contribution in [2.45, 2.75) is 46.1 Å². The Morgan fingerprint density at radius 1 is 1.19 bits per heavy atom. The Balaban J connectivity index is 2.20. The average Bonchev–Trinajstić information content (AvgIpc) is 3.02. The van der Waals surface area contributed by atoms with E-state index in [0.717, 1.165) is 37.4 Å². The molecule has 0 saturated carbocycles. The molecule has 0 fully saturated rings. The lowest BCUT2D eigenvalue weighted by atomic mass is 10.1. The third-order valence-corrected chi connectivity index (χ3v) is 4.37. The molecule has 0 amide bonds. The molecule has 2 aromatic heterocycles. The summed E-state index contributed by atoms with van der Waals surface area (Å²) in [6.45, 7) is 7.45. The standard InChI is InChI=1S/C16H24N4S/c1-4-7-13-15(17-9-5-2)18-11-19-16(13)20-12(3)14-8-6-10-21-14/h6,8,10-12H,4-5,7,9H2,1-3H3,(H2,17,18,19,20). The number of rotatable bonds is 8. The molecule has 0 aliphatic carbocycles. The van der Waals surface area contributed by atoms with Crippen LogP contribution in [0.5, 0.6) is 0 Å². The van der Waals surface area contributed by atoms with Crippen molar-refractivity contribution in [2.24, 2.45) is 0 Å². The third kappa shape index (κ3) is 4.17. The van der Waals surface area contributed by atoms with Crippen LogP contribution in [0.4, 0.5) is 11.6 Å². The number of anilines is 2. The zero-order valence-corrected chi connectivity index (χ0v) is 13.8. The summed E-state index contributed by atoms with van der Waals surface area (Å²) in [5, 5.41) is 9.05. The number of nitrogens with one attached hydrogen (secondary N) is 2. The van der Waals surface area contributed by atoms with Gasteiger partial charge in [-0.3, -0.25) is 0 Å². The Hall–Kier alpha value is -1.62. The van der Waals surface area contributed by atoms with Crippen LogP contribution in [-0.2, 0) is 6.42 Å². The van der Waals surface area contributed by atoms with Gasteiger partial charge in [0.25, 0.3) is 0 Å². The molecule has 21 heavy (non-hydrogen) atoms. The number of nitrogens with zero attached hydrogens (tertiary/aromatic N) is 2. The molecule has 1 unspecified atom stereocenters. The summed E-state index contributed by atoms with van der Waals surface area (Å²) in [5.41, 5.74) is 1.19. The maximum absolute atomic E-state index is 4.46. The van der Waals surface area contributed by atoms with Crippen LogP contribution in [0.2, 0.25) is 0 Å². The second-order valence-corrected chi connectivity index (χ2v) is 6.09. The van der Waals surface area contributed by atoms with Gasteiger partial charge >= 0.3 is 0 Å². The minimum absolute atomic E-state index is 0.259. The van der Waals surface area contributed by atoms with E-state index in [9.17, 15) is 0 Å². The van der Waals surface area contributed by atoms with Gasteiger partial charge in [-0.2, -0.15) is 0 Å². The Bertz CT molecular complexity index is 539. The van der Waals surface area contributed by atoms with Crippen LogP contribution in [0.15, 0.2) is 23.8 Å². The molecule has 2 aromatic rings. The van der Waals surface area contributed by atoms with Crippen molar-refractivity contribution in [3.63, 3.8) is 0 Å². The van der Waals surface area contributed by atoms with Gasteiger partial charge < -0.3 is 10.6 Å². The minimum Gasteiger partial charge on any atom is -0.370 e. The van der Waals surface area contributed by atoms with E-state index >= 15 is 0 Å². The number of aromatic nitrogens is 2. The van der Waals surface area contributed by atoms with E-state index in [2.05, 4.69) is 58.9 Å². The molecular weight excluding hydrogens is 280 g/mol. The maximum atomic E-state index is 4.46. The zero-order valence-electron chi connectivity index (χ0n) is 13.0. The van der Waals surface area contributed by atoms with Crippen molar-refractivity contribution in [3.05, 3.63) is 34.3 Å². The molecule has 2 N–H and O–H groups in total. The van der Waals surface area contributed by atoms with Gasteiger partial charge in [-0.1, -0.05) is 26.3 Å². The molecular formula is C16H24N4S. The summed E-state index contributed by atoms with van der Waals surface area (Å²) in [7, 11) is 0. The number of hydrogen-bond donors (Lipinski definition) is 2. The predicted octanol–water partition coefficient (Wildman–Crippen LogP) is 4.49. The molecule has 0 aromatic carbocycles. The van der Waals surface area contributed by atoms with Crippen LogP contribution in [0, 0.1) is 0 Å². The Morgan fingerprint density at radius 3 is 2.67 bits per heavy atom. The van der Waals surface area contributed by atoms with Crippen molar-refractivity contribution in [3.8, 4) is 0 Å². The Labute approximate surface area is 131 Å². The van der Waals surface area contributed by atoms with Gasteiger partial charge in [0.2, 0.25) is 0 Å². The van der Waals surface area contributed by atoms with Crippen LogP contribution in [-0.4, -0.2) is 16.5 Å². The molecule has 0 bridgehead atoms. The first-order valence-electron chi connectivity index (χ1n) is 7.63. The van der Waals surface area contributed by atoms with Gasteiger partial charge in [0.05, 0.1) is 6.04 Å². The summed E-state index contributed by atoms with van der Waals surface area (Å²) in [6, 6.07) is 4.49. The largest absolute Gasteiger partial charge is 0.370 e. The van der Waals surface area contributed by atoms with Gasteiger partial charge in [-0.05, 0) is 31.2 Å². The van der Waals surface area contributed by atoms with Gasteiger partial charge in [-0.25, -0.2) is 9.97 Å². The van der Waals surface area contributed by atoms with Crippen LogP contribution in [0.1, 0.15) is 50.1 Å². The van der Waals surface area contributed by atoms with Crippen LogP contribution < -0.4 is 10.6 Å². The van der Waals surface area contributed by atoms with E-state index in [-0.39, 0.29) is 6.04 Å². The molecule has 0 radical (unpaired) electrons. The lowest BCUT2D eigenvalue weighted by molar-refractivity contribution is 0.854. The lowest BCUT2D eigenvalue weighted by Gasteiger charge is -2.18. The monoisotopic (exact) mass is 304 g/mol. The molecule has 0 spiro atoms. The fraction of sp³-hybridized carbons (Fsp3) is 0.500. The molecule has 2 rings (SSSR count). The molecule has 0 aliphatic heterocycles. The van der Waals surface area contributed by atoms with Crippen LogP contribution in [0.3, 0.4) is 0 Å². The van der Waals surface area contributed by atoms with Crippen molar-refractivity contribution in [2.75, 3.05) is 17.2 Å². The highest BCUT2D eigenvalue weighted by Crippen LogP contribution is 2.27. The van der Waals surface area contributed by atoms with E-state index < -0.39 is 0 Å². The fourth-order valence-electron chi connectivity index (χ4n) is 2.23. The highest BCUT2D eigenvalue weighted by atomic mass is 32.1. The van der Waals surface area contributed by atoms with E-state index in [1.165, 1.54) is 10.4 Å². The second-order valence-electron chi connectivity index (χ2n) is 5.11. The topological polar surface area (TPSA) is 49.8 Å². The van der Waals surface area contributed by atoms with E-state index in [0.29, 0.717) is 0 Å². The van der Waals surface area contributed by atoms with Gasteiger partial charge in [-0.15, -0.1) is 11.3 Å². The molecule has 2 heterocycles. The number of thiophene rings is 1. The Kier molecular flexibility index (Phi) is 5.99. The van der Waals surface area contributed by atoms with E-state index in [1.807, 2.05) is 0 Å². The van der Waals surface area contributed by atoms with E-state index in [1.54, 1.807) is 17.7 Å². The molecule has 0 saturated heterocycles. The first kappa shape index (κ1) is 15.8. The van der Waals surface area contributed by atoms with Crippen LogP contribution >= 0.6 is 11.3 Å². The first-order valence-corrected chi connectivity index (χ1v) is 8.51. The minimum atomic E-state index is 0.259. The predicted molar refractivity (Wildman–Crippen MR) is 91.2 cm³/mol. The van der Waals surface area contributed by atoms with Crippen molar-refractivity contribution in [1.29, 1.82) is 0 Å². The molecule has 1 atom stereocenters. The van der Waals surface area contributed by atoms with Crippen molar-refractivity contribution < 1.29 is 0 Å². The van der Waals surface area contributed by atoms with Gasteiger partial charge in [0.15, 0.2) is 0 Å². The zero-order chi connectivity index (χ0) is 15.1. The smallest absolute Gasteiger partial charge is 0.135 e. The quantitative estimate of drug-likeness (QED) is 0.754. The molecule has 114 valence electrons. The summed E-state index contributed by atoms with van der Waals surface area (Å²) < 4.78 is 0. The SMILES string of the molecule is CCCNc1ncnc(NC(C)c2cccs2)c1CCC. The van der Waals surface area contributed by atoms with E-state index in [4.69, 9.17) is 0 Å². The summed E-state index contributed by atoms with van der Waals surface area (Å²) in [4.78, 5) is 10.2. The van der Waals surface area contributed by atoms with Gasteiger partial charge in [0.1, 0.15) is 18.0 Å². The highest BCUT2D eigenvalue weighted by molar-refractivity contribution is 7.10. The third-order valence-electron chi connectivity index (χ3n) is 3.31. The fourth-order valence-corrected chi connectivity index (χ4v) is 2.97. The summed E-state index contributed by atoms with van der Waals surface area (Å²) >= 11 is 1.77. The van der Waals surface area contributed by atoms with Crippen LogP contribution in [0.25, 0.3) is 0 Å². The highest BCUT2D eigenvalue weighted by Gasteiger charge is 2.14. The lowest BCUT2D eigenvalue weighted by Crippen LogP contribution is -2.13. The maximum Gasteiger partial charge on any atom is 0.135 e. The summed E-state index contributed by atoms with van der Waals surface area (Å²) in [6.07, 6.45) is 4.78. The molecule has 0 aliphatic rings. The van der Waals surface area contributed by atoms with Gasteiger partial charge in [0, 0.05) is 17.0 Å². The Morgan fingerprint density at radius 2 is 2.00 bits per heavy atom.